The van der Waals surface area contributed by atoms with Crippen molar-refractivity contribution in [1.82, 2.24) is 20.5 Å². The van der Waals surface area contributed by atoms with Crippen LogP contribution in [-0.4, -0.2) is 48.5 Å². The van der Waals surface area contributed by atoms with Crippen molar-refractivity contribution in [3.05, 3.63) is 29.6 Å². The van der Waals surface area contributed by atoms with Crippen LogP contribution in [0.1, 0.15) is 11.1 Å². The van der Waals surface area contributed by atoms with Crippen LogP contribution in [-0.2, 0) is 11.3 Å². The highest BCUT2D eigenvalue weighted by Crippen LogP contribution is 2.03. The van der Waals surface area contributed by atoms with Crippen LogP contribution in [0.4, 0.5) is 0 Å². The van der Waals surface area contributed by atoms with Crippen LogP contribution in [0.5, 0.6) is 0 Å². The molecule has 1 amide bonds. The minimum atomic E-state index is 0.0835. The molecule has 0 bridgehead atoms. The van der Waals surface area contributed by atoms with Gasteiger partial charge in [-0.2, -0.15) is 0 Å². The lowest BCUT2D eigenvalue weighted by Gasteiger charge is -2.26. The third-order valence-electron chi connectivity index (χ3n) is 3.20. The van der Waals surface area contributed by atoms with E-state index in [1.54, 1.807) is 12.4 Å². The molecule has 18 heavy (non-hydrogen) atoms. The Morgan fingerprint density at radius 2 is 2.28 bits per heavy atom. The number of carbonyl (C=O) groups excluding carboxylic acids is 1. The summed E-state index contributed by atoms with van der Waals surface area (Å²) in [6.45, 7) is 6.90. The molecule has 5 nitrogen and oxygen atoms in total. The van der Waals surface area contributed by atoms with Gasteiger partial charge in [0.15, 0.2) is 0 Å². The van der Waals surface area contributed by atoms with Gasteiger partial charge < -0.3 is 10.6 Å². The Balaban J connectivity index is 1.76. The predicted molar refractivity (Wildman–Crippen MR) is 70.1 cm³/mol. The summed E-state index contributed by atoms with van der Waals surface area (Å²) >= 11 is 0. The second-order valence-electron chi connectivity index (χ2n) is 4.61. The van der Waals surface area contributed by atoms with Crippen molar-refractivity contribution in [2.24, 2.45) is 0 Å². The lowest BCUT2D eigenvalue weighted by molar-refractivity contribution is -0.122. The molecule has 0 radical (unpaired) electrons. The summed E-state index contributed by atoms with van der Waals surface area (Å²) in [5.74, 6) is 0.0835. The Bertz CT molecular complexity index is 402. The average molecular weight is 248 g/mol. The fraction of sp³-hybridized carbons (Fsp3) is 0.538. The SMILES string of the molecule is Cc1ccncc1CNC(=O)CN1CCNCC1. The summed E-state index contributed by atoms with van der Waals surface area (Å²) in [6, 6.07) is 1.96. The van der Waals surface area contributed by atoms with Gasteiger partial charge in [0, 0.05) is 45.1 Å². The topological polar surface area (TPSA) is 57.3 Å². The molecule has 1 aromatic heterocycles. The smallest absolute Gasteiger partial charge is 0.234 e. The van der Waals surface area contributed by atoms with E-state index in [9.17, 15) is 4.79 Å². The molecule has 2 heterocycles. The fourth-order valence-corrected chi connectivity index (χ4v) is 2.00. The molecule has 0 spiro atoms. The molecular weight excluding hydrogens is 228 g/mol. The first kappa shape index (κ1) is 13.0. The highest BCUT2D eigenvalue weighted by atomic mass is 16.2. The number of nitrogens with zero attached hydrogens (tertiary/aromatic N) is 2. The predicted octanol–water partition coefficient (Wildman–Crippen LogP) is -0.0886. The van der Waals surface area contributed by atoms with Crippen molar-refractivity contribution in [2.45, 2.75) is 13.5 Å². The zero-order valence-electron chi connectivity index (χ0n) is 10.8. The number of piperazine rings is 1. The molecule has 0 atom stereocenters. The molecule has 1 saturated heterocycles. The molecular formula is C13H20N4O. The Hall–Kier alpha value is -1.46. The summed E-state index contributed by atoms with van der Waals surface area (Å²) in [4.78, 5) is 18.0. The molecule has 5 heteroatoms. The van der Waals surface area contributed by atoms with Crippen molar-refractivity contribution in [3.8, 4) is 0 Å². The molecule has 0 aromatic carbocycles. The standard InChI is InChI=1S/C13H20N4O/c1-11-2-3-15-8-12(11)9-16-13(18)10-17-6-4-14-5-7-17/h2-3,8,14H,4-7,9-10H2,1H3,(H,16,18). The lowest BCUT2D eigenvalue weighted by Crippen LogP contribution is -2.47. The minimum Gasteiger partial charge on any atom is -0.351 e. The largest absolute Gasteiger partial charge is 0.351 e. The van der Waals surface area contributed by atoms with Crippen molar-refractivity contribution >= 4 is 5.91 Å². The number of rotatable bonds is 4. The molecule has 0 aliphatic carbocycles. The number of aryl methyl sites for hydroxylation is 1. The van der Waals surface area contributed by atoms with Gasteiger partial charge in [-0.25, -0.2) is 0 Å². The van der Waals surface area contributed by atoms with Crippen molar-refractivity contribution in [2.75, 3.05) is 32.7 Å². The Kier molecular flexibility index (Phi) is 4.66. The number of hydrogen-bond acceptors (Lipinski definition) is 4. The van der Waals surface area contributed by atoms with E-state index in [-0.39, 0.29) is 5.91 Å². The van der Waals surface area contributed by atoms with E-state index < -0.39 is 0 Å². The van der Waals surface area contributed by atoms with E-state index in [1.165, 1.54) is 0 Å². The maximum absolute atomic E-state index is 11.8. The van der Waals surface area contributed by atoms with Crippen LogP contribution in [0, 0.1) is 6.92 Å². The van der Waals surface area contributed by atoms with Crippen LogP contribution in [0.3, 0.4) is 0 Å². The van der Waals surface area contributed by atoms with E-state index in [0.717, 1.165) is 37.3 Å². The number of nitrogens with one attached hydrogen (secondary N) is 2. The van der Waals surface area contributed by atoms with Crippen LogP contribution in [0.25, 0.3) is 0 Å². The van der Waals surface area contributed by atoms with Gasteiger partial charge in [-0.05, 0) is 24.1 Å². The van der Waals surface area contributed by atoms with E-state index in [0.29, 0.717) is 13.1 Å². The van der Waals surface area contributed by atoms with Crippen LogP contribution in [0.15, 0.2) is 18.5 Å². The monoisotopic (exact) mass is 248 g/mol. The minimum absolute atomic E-state index is 0.0835. The van der Waals surface area contributed by atoms with Crippen LogP contribution < -0.4 is 10.6 Å². The first-order valence-corrected chi connectivity index (χ1v) is 6.35. The van der Waals surface area contributed by atoms with E-state index in [1.807, 2.05) is 13.0 Å². The Labute approximate surface area is 108 Å². The summed E-state index contributed by atoms with van der Waals surface area (Å²) in [5, 5.41) is 6.22. The molecule has 98 valence electrons. The number of amides is 1. The van der Waals surface area contributed by atoms with Gasteiger partial charge in [-0.1, -0.05) is 0 Å². The maximum atomic E-state index is 11.8. The Morgan fingerprint density at radius 1 is 1.50 bits per heavy atom. The summed E-state index contributed by atoms with van der Waals surface area (Å²) in [7, 11) is 0. The normalized spacial score (nSPS) is 16.5. The highest BCUT2D eigenvalue weighted by molar-refractivity contribution is 5.78. The second-order valence-corrected chi connectivity index (χ2v) is 4.61. The third-order valence-corrected chi connectivity index (χ3v) is 3.20. The third kappa shape index (κ3) is 3.78. The van der Waals surface area contributed by atoms with E-state index in [4.69, 9.17) is 0 Å². The first-order chi connectivity index (χ1) is 8.75. The number of aromatic nitrogens is 1. The molecule has 2 rings (SSSR count). The summed E-state index contributed by atoms with van der Waals surface area (Å²) in [5.41, 5.74) is 2.23. The fourth-order valence-electron chi connectivity index (χ4n) is 2.00. The van der Waals surface area contributed by atoms with Gasteiger partial charge in [0.2, 0.25) is 5.91 Å². The van der Waals surface area contributed by atoms with Gasteiger partial charge in [-0.3, -0.25) is 14.7 Å². The average Bonchev–Trinajstić information content (AvgIpc) is 2.39. The zero-order valence-corrected chi connectivity index (χ0v) is 10.8. The number of pyridine rings is 1. The molecule has 0 unspecified atom stereocenters. The van der Waals surface area contributed by atoms with E-state index in [2.05, 4.69) is 20.5 Å². The zero-order chi connectivity index (χ0) is 12.8. The van der Waals surface area contributed by atoms with Gasteiger partial charge in [0.25, 0.3) is 0 Å². The van der Waals surface area contributed by atoms with Gasteiger partial charge in [-0.15, -0.1) is 0 Å². The first-order valence-electron chi connectivity index (χ1n) is 6.35. The highest BCUT2D eigenvalue weighted by Gasteiger charge is 2.13. The van der Waals surface area contributed by atoms with Crippen molar-refractivity contribution < 1.29 is 4.79 Å². The molecule has 1 aromatic rings. The van der Waals surface area contributed by atoms with Crippen LogP contribution in [0.2, 0.25) is 0 Å². The number of carbonyl (C=O) groups is 1. The summed E-state index contributed by atoms with van der Waals surface area (Å²) < 4.78 is 0. The van der Waals surface area contributed by atoms with Crippen molar-refractivity contribution in [3.63, 3.8) is 0 Å². The molecule has 1 aliphatic rings. The van der Waals surface area contributed by atoms with Gasteiger partial charge in [0.1, 0.15) is 0 Å². The van der Waals surface area contributed by atoms with Gasteiger partial charge >= 0.3 is 0 Å². The second kappa shape index (κ2) is 6.47. The molecule has 1 fully saturated rings. The number of hydrogen-bond donors (Lipinski definition) is 2. The Morgan fingerprint density at radius 3 is 3.00 bits per heavy atom. The van der Waals surface area contributed by atoms with E-state index >= 15 is 0 Å². The molecule has 1 aliphatic heterocycles. The summed E-state index contributed by atoms with van der Waals surface area (Å²) in [6.07, 6.45) is 3.57. The molecule has 0 saturated carbocycles. The maximum Gasteiger partial charge on any atom is 0.234 e. The van der Waals surface area contributed by atoms with Crippen LogP contribution >= 0.6 is 0 Å². The lowest BCUT2D eigenvalue weighted by atomic mass is 10.1. The van der Waals surface area contributed by atoms with Crippen molar-refractivity contribution in [1.29, 1.82) is 0 Å². The van der Waals surface area contributed by atoms with Gasteiger partial charge in [0.05, 0.1) is 6.54 Å². The quantitative estimate of drug-likeness (QED) is 0.782. The molecule has 2 N–H and O–H groups in total.